The third kappa shape index (κ3) is 8.17. The Morgan fingerprint density at radius 2 is 1.83 bits per heavy atom. The first-order chi connectivity index (χ1) is 17.2. The molecule has 3 N–H and O–H groups in total. The third-order valence-electron chi connectivity index (χ3n) is 6.73. The number of thioether (sulfide) groups is 1. The summed E-state index contributed by atoms with van der Waals surface area (Å²) >= 11 is 1.69. The predicted octanol–water partition coefficient (Wildman–Crippen LogP) is 4.01. The van der Waals surface area contributed by atoms with Crippen LogP contribution >= 0.6 is 11.8 Å². The zero-order chi connectivity index (χ0) is 26.1. The van der Waals surface area contributed by atoms with Crippen LogP contribution in [-0.2, 0) is 10.0 Å². The van der Waals surface area contributed by atoms with Gasteiger partial charge in [0.15, 0.2) is 0 Å². The van der Waals surface area contributed by atoms with Gasteiger partial charge in [-0.15, -0.1) is 11.8 Å². The summed E-state index contributed by atoms with van der Waals surface area (Å²) in [5, 5.41) is 20.2. The highest BCUT2D eigenvalue weighted by atomic mass is 32.2. The van der Waals surface area contributed by atoms with E-state index in [-0.39, 0.29) is 16.6 Å². The average Bonchev–Trinajstić information content (AvgIpc) is 2.87. The highest BCUT2D eigenvalue weighted by Gasteiger charge is 2.25. The van der Waals surface area contributed by atoms with E-state index in [1.165, 1.54) is 12.1 Å². The molecule has 1 aliphatic rings. The van der Waals surface area contributed by atoms with Gasteiger partial charge in [-0.2, -0.15) is 0 Å². The lowest BCUT2D eigenvalue weighted by atomic mass is 10.0. The van der Waals surface area contributed by atoms with E-state index >= 15 is 0 Å². The Kier molecular flexibility index (Phi) is 10.6. The van der Waals surface area contributed by atoms with Crippen molar-refractivity contribution in [2.75, 3.05) is 43.8 Å². The lowest BCUT2D eigenvalue weighted by molar-refractivity contribution is -0.384. The Hall–Kier alpha value is -2.18. The molecule has 0 unspecified atom stereocenters. The number of nitro benzene ring substituents is 1. The number of benzene rings is 2. The number of likely N-dealkylation sites (tertiary alicyclic amines) is 1. The van der Waals surface area contributed by atoms with Gasteiger partial charge >= 0.3 is 0 Å². The number of hydrogen-bond acceptors (Lipinski definition) is 8. The number of rotatable bonds is 13. The van der Waals surface area contributed by atoms with Crippen molar-refractivity contribution in [1.29, 1.82) is 0 Å². The Morgan fingerprint density at radius 1 is 1.17 bits per heavy atom. The molecule has 1 aliphatic heterocycles. The van der Waals surface area contributed by atoms with Crippen molar-refractivity contribution in [1.82, 2.24) is 9.80 Å². The number of anilines is 1. The molecule has 0 bridgehead atoms. The highest BCUT2D eigenvalue weighted by Crippen LogP contribution is 2.30. The molecule has 1 heterocycles. The molecule has 0 radical (unpaired) electrons. The van der Waals surface area contributed by atoms with Crippen LogP contribution in [0.25, 0.3) is 0 Å². The first kappa shape index (κ1) is 28.4. The molecule has 2 aromatic carbocycles. The first-order valence-electron chi connectivity index (χ1n) is 12.4. The van der Waals surface area contributed by atoms with Crippen molar-refractivity contribution in [3.8, 4) is 0 Å². The van der Waals surface area contributed by atoms with Crippen molar-refractivity contribution in [2.45, 2.75) is 55.0 Å². The minimum absolute atomic E-state index is 0.0465. The number of hydrogen-bond donors (Lipinski definition) is 2. The van der Waals surface area contributed by atoms with Gasteiger partial charge < -0.3 is 15.1 Å². The zero-order valence-corrected chi connectivity index (χ0v) is 22.6. The Labute approximate surface area is 218 Å². The van der Waals surface area contributed by atoms with Crippen LogP contribution in [0.5, 0.6) is 0 Å². The normalized spacial score (nSPS) is 16.2. The van der Waals surface area contributed by atoms with Gasteiger partial charge in [-0.25, -0.2) is 13.6 Å². The zero-order valence-electron chi connectivity index (χ0n) is 21.0. The smallest absolute Gasteiger partial charge is 0.293 e. The van der Waals surface area contributed by atoms with Crippen LogP contribution in [0.15, 0.2) is 58.3 Å². The fraction of sp³-hybridized carbons (Fsp3) is 0.520. The number of nitrogens with one attached hydrogen (secondary N) is 1. The molecular formula is C25H37N5O4S2. The maximum absolute atomic E-state index is 11.7. The van der Waals surface area contributed by atoms with E-state index in [1.54, 1.807) is 11.8 Å². The third-order valence-corrected chi connectivity index (χ3v) is 8.81. The van der Waals surface area contributed by atoms with E-state index in [1.807, 2.05) is 30.3 Å². The Balaban J connectivity index is 1.70. The largest absolute Gasteiger partial charge is 0.376 e. The summed E-state index contributed by atoms with van der Waals surface area (Å²) in [6, 6.07) is 14.4. The molecule has 0 saturated carbocycles. The molecule has 1 atom stereocenters. The maximum Gasteiger partial charge on any atom is 0.293 e. The molecule has 198 valence electrons. The summed E-state index contributed by atoms with van der Waals surface area (Å²) in [5.41, 5.74) is 0.00239. The van der Waals surface area contributed by atoms with Crippen molar-refractivity contribution in [3.63, 3.8) is 0 Å². The van der Waals surface area contributed by atoms with Gasteiger partial charge in [0.1, 0.15) is 5.69 Å². The summed E-state index contributed by atoms with van der Waals surface area (Å²) in [6.45, 7) is 9.56. The molecule has 1 fully saturated rings. The Bertz CT molecular complexity index is 1090. The van der Waals surface area contributed by atoms with E-state index in [9.17, 15) is 18.5 Å². The van der Waals surface area contributed by atoms with Gasteiger partial charge in [0.25, 0.3) is 5.69 Å². The molecule has 0 amide bonds. The van der Waals surface area contributed by atoms with Crippen molar-refractivity contribution < 1.29 is 13.3 Å². The van der Waals surface area contributed by atoms with Gasteiger partial charge in [-0.05, 0) is 69.7 Å². The van der Waals surface area contributed by atoms with Crippen LogP contribution in [0.4, 0.5) is 11.4 Å². The average molecular weight is 536 g/mol. The van der Waals surface area contributed by atoms with Crippen LogP contribution in [-0.4, -0.2) is 73.7 Å². The SMILES string of the molecule is CCN(CC)C1CCN(CC[C@H](CSc2ccccc2)Nc2ccc(S(N)(=O)=O)cc2[N+](=O)[O-])CC1. The van der Waals surface area contributed by atoms with Crippen LogP contribution in [0.3, 0.4) is 0 Å². The molecule has 1 saturated heterocycles. The number of piperidine rings is 1. The molecule has 2 aromatic rings. The summed E-state index contributed by atoms with van der Waals surface area (Å²) in [4.78, 5) is 17.0. The van der Waals surface area contributed by atoms with Crippen molar-refractivity contribution >= 4 is 33.2 Å². The first-order valence-corrected chi connectivity index (χ1v) is 15.0. The molecule has 36 heavy (non-hydrogen) atoms. The lowest BCUT2D eigenvalue weighted by Gasteiger charge is -2.38. The van der Waals surface area contributed by atoms with E-state index in [2.05, 4.69) is 29.0 Å². The monoisotopic (exact) mass is 535 g/mol. The predicted molar refractivity (Wildman–Crippen MR) is 146 cm³/mol. The van der Waals surface area contributed by atoms with E-state index in [4.69, 9.17) is 5.14 Å². The summed E-state index contributed by atoms with van der Waals surface area (Å²) in [6.07, 6.45) is 3.11. The van der Waals surface area contributed by atoms with Gasteiger partial charge in [0.05, 0.1) is 9.82 Å². The number of nitrogens with zero attached hydrogens (tertiary/aromatic N) is 3. The van der Waals surface area contributed by atoms with Crippen molar-refractivity contribution in [3.05, 3.63) is 58.6 Å². The summed E-state index contributed by atoms with van der Waals surface area (Å²) < 4.78 is 23.4. The van der Waals surface area contributed by atoms with Gasteiger partial charge in [0, 0.05) is 35.3 Å². The van der Waals surface area contributed by atoms with Gasteiger partial charge in [0.2, 0.25) is 10.0 Å². The molecule has 0 aliphatic carbocycles. The van der Waals surface area contributed by atoms with Crippen molar-refractivity contribution in [2.24, 2.45) is 5.14 Å². The molecule has 9 nitrogen and oxygen atoms in total. The second-order valence-electron chi connectivity index (χ2n) is 9.03. The summed E-state index contributed by atoms with van der Waals surface area (Å²) in [7, 11) is -4.04. The van der Waals surface area contributed by atoms with Crippen LogP contribution in [0.2, 0.25) is 0 Å². The van der Waals surface area contributed by atoms with Gasteiger partial charge in [-0.1, -0.05) is 32.0 Å². The topological polar surface area (TPSA) is 122 Å². The van der Waals surface area contributed by atoms with E-state index in [0.29, 0.717) is 17.5 Å². The number of nitrogens with two attached hydrogens (primary N) is 1. The maximum atomic E-state index is 11.7. The quantitative estimate of drug-likeness (QED) is 0.224. The minimum atomic E-state index is -4.04. The van der Waals surface area contributed by atoms with Crippen LogP contribution in [0.1, 0.15) is 33.1 Å². The summed E-state index contributed by atoms with van der Waals surface area (Å²) in [5.74, 6) is 0.716. The fourth-order valence-corrected chi connectivity index (χ4v) is 6.21. The molecule has 0 spiro atoms. The van der Waals surface area contributed by atoms with Crippen LogP contribution < -0.4 is 10.5 Å². The molecule has 0 aromatic heterocycles. The number of sulfonamides is 1. The highest BCUT2D eigenvalue weighted by molar-refractivity contribution is 7.99. The fourth-order valence-electron chi connectivity index (χ4n) is 4.68. The van der Waals surface area contributed by atoms with Gasteiger partial charge in [-0.3, -0.25) is 10.1 Å². The standard InChI is InChI=1S/C25H37N5O4S2/c1-3-29(4-2)21-13-16-28(17-14-21)15-12-20(19-35-22-8-6-5-7-9-22)27-24-11-10-23(36(26,33)34)18-25(24)30(31)32/h5-11,18,20-21,27H,3-4,12-17,19H2,1-2H3,(H2,26,33,34)/t20-/m1/s1. The minimum Gasteiger partial charge on any atom is -0.376 e. The second-order valence-corrected chi connectivity index (χ2v) is 11.7. The molecule has 3 rings (SSSR count). The second kappa shape index (κ2) is 13.4. The van der Waals surface area contributed by atoms with E-state index in [0.717, 1.165) is 62.9 Å². The molecular weight excluding hydrogens is 498 g/mol. The lowest BCUT2D eigenvalue weighted by Crippen LogP contribution is -2.45. The number of primary sulfonamides is 1. The molecule has 11 heteroatoms. The Morgan fingerprint density at radius 3 is 2.42 bits per heavy atom. The van der Waals surface area contributed by atoms with E-state index < -0.39 is 14.9 Å². The van der Waals surface area contributed by atoms with Crippen LogP contribution in [0, 0.1) is 10.1 Å². The number of nitro groups is 1.